The molecule has 18 heavy (non-hydrogen) atoms. The molecule has 2 N–H and O–H groups in total. The number of hydrogen-bond acceptors (Lipinski definition) is 4. The minimum atomic E-state index is -0.406. The Labute approximate surface area is 109 Å². The Balaban J connectivity index is 2.06. The van der Waals surface area contributed by atoms with Gasteiger partial charge in [0.1, 0.15) is 10.8 Å². The van der Waals surface area contributed by atoms with Crippen LogP contribution in [0, 0.1) is 0 Å². The summed E-state index contributed by atoms with van der Waals surface area (Å²) in [5.41, 5.74) is 1.15. The van der Waals surface area contributed by atoms with Gasteiger partial charge in [0.25, 0.3) is 5.56 Å². The second-order valence-electron chi connectivity index (χ2n) is 3.63. The maximum Gasteiger partial charge on any atom is 0.285 e. The third-order valence-electron chi connectivity index (χ3n) is 2.44. The van der Waals surface area contributed by atoms with Crippen molar-refractivity contribution in [1.82, 2.24) is 10.2 Å². The van der Waals surface area contributed by atoms with Crippen LogP contribution in [0.1, 0.15) is 5.56 Å². The molecule has 0 amide bonds. The highest BCUT2D eigenvalue weighted by Crippen LogP contribution is 2.17. The number of rotatable bonds is 4. The first-order valence-electron chi connectivity index (χ1n) is 5.30. The molecule has 0 saturated carbocycles. The van der Waals surface area contributed by atoms with Crippen molar-refractivity contribution in [3.8, 4) is 5.75 Å². The molecule has 1 heterocycles. The van der Waals surface area contributed by atoms with Crippen LogP contribution in [0.4, 0.5) is 5.69 Å². The van der Waals surface area contributed by atoms with Gasteiger partial charge in [-0.15, -0.1) is 0 Å². The summed E-state index contributed by atoms with van der Waals surface area (Å²) in [5, 5.41) is 9.10. The molecule has 0 bridgehead atoms. The van der Waals surface area contributed by atoms with Gasteiger partial charge in [0.15, 0.2) is 0 Å². The number of halogens is 1. The summed E-state index contributed by atoms with van der Waals surface area (Å²) in [6, 6.07) is 7.60. The lowest BCUT2D eigenvalue weighted by molar-refractivity contribution is 0.414. The van der Waals surface area contributed by atoms with E-state index in [2.05, 4.69) is 15.5 Å². The molecule has 0 aliphatic heterocycles. The van der Waals surface area contributed by atoms with Gasteiger partial charge in [0.2, 0.25) is 0 Å². The predicted octanol–water partition coefficient (Wildman–Crippen LogP) is 2.04. The molecule has 1 aromatic carbocycles. The summed E-state index contributed by atoms with van der Waals surface area (Å²) in [6.45, 7) is 0.550. The summed E-state index contributed by atoms with van der Waals surface area (Å²) in [4.78, 5) is 11.2. The summed E-state index contributed by atoms with van der Waals surface area (Å²) < 4.78 is 5.07. The van der Waals surface area contributed by atoms with E-state index in [1.54, 1.807) is 7.11 Å². The Hall–Kier alpha value is -2.01. The minimum Gasteiger partial charge on any atom is -0.497 e. The predicted molar refractivity (Wildman–Crippen MR) is 70.2 cm³/mol. The van der Waals surface area contributed by atoms with Crippen molar-refractivity contribution < 1.29 is 4.74 Å². The number of methoxy groups -OCH3 is 1. The second-order valence-corrected chi connectivity index (χ2v) is 4.01. The number of ether oxygens (including phenoxy) is 1. The summed E-state index contributed by atoms with van der Waals surface area (Å²) in [7, 11) is 1.62. The van der Waals surface area contributed by atoms with E-state index >= 15 is 0 Å². The lowest BCUT2D eigenvalue weighted by Crippen LogP contribution is -2.11. The summed E-state index contributed by atoms with van der Waals surface area (Å²) in [5.74, 6) is 0.801. The number of anilines is 1. The molecule has 0 aliphatic carbocycles. The number of nitrogens with zero attached hydrogens (tertiary/aromatic N) is 1. The molecule has 94 valence electrons. The van der Waals surface area contributed by atoms with Crippen LogP contribution >= 0.6 is 11.6 Å². The molecule has 6 heteroatoms. The van der Waals surface area contributed by atoms with Crippen LogP contribution in [0.3, 0.4) is 0 Å². The molecule has 1 aromatic heterocycles. The highest BCUT2D eigenvalue weighted by Gasteiger charge is 2.04. The van der Waals surface area contributed by atoms with Gasteiger partial charge in [0.05, 0.1) is 19.0 Å². The van der Waals surface area contributed by atoms with Crippen molar-refractivity contribution >= 4 is 17.3 Å². The lowest BCUT2D eigenvalue weighted by atomic mass is 10.2. The zero-order chi connectivity index (χ0) is 13.0. The van der Waals surface area contributed by atoms with Gasteiger partial charge < -0.3 is 10.1 Å². The zero-order valence-electron chi connectivity index (χ0n) is 9.74. The van der Waals surface area contributed by atoms with Gasteiger partial charge >= 0.3 is 0 Å². The van der Waals surface area contributed by atoms with Crippen LogP contribution in [0.2, 0.25) is 5.02 Å². The van der Waals surface area contributed by atoms with E-state index in [-0.39, 0.29) is 5.02 Å². The molecule has 2 rings (SSSR count). The number of nitrogens with one attached hydrogen (secondary N) is 2. The monoisotopic (exact) mass is 265 g/mol. The fraction of sp³-hybridized carbons (Fsp3) is 0.167. The van der Waals surface area contributed by atoms with Crippen LogP contribution in [0.15, 0.2) is 35.3 Å². The maximum atomic E-state index is 11.2. The molecule has 0 unspecified atom stereocenters. The first-order valence-corrected chi connectivity index (χ1v) is 5.68. The Morgan fingerprint density at radius 1 is 1.39 bits per heavy atom. The van der Waals surface area contributed by atoms with Crippen LogP contribution in [0.5, 0.6) is 5.75 Å². The third kappa shape index (κ3) is 2.81. The molecule has 0 saturated heterocycles. The number of H-pyrrole nitrogens is 1. The first-order chi connectivity index (χ1) is 8.70. The first kappa shape index (κ1) is 12.4. The standard InChI is InChI=1S/C12H12ClN3O2/c1-18-9-4-2-8(3-5-9)6-14-10-7-15-16-12(17)11(10)13/h2-5,7H,6H2,1H3,(H2,14,16,17). The smallest absolute Gasteiger partial charge is 0.285 e. The minimum absolute atomic E-state index is 0.110. The molecule has 5 nitrogen and oxygen atoms in total. The molecule has 0 radical (unpaired) electrons. The highest BCUT2D eigenvalue weighted by molar-refractivity contribution is 6.32. The molecule has 0 spiro atoms. The van der Waals surface area contributed by atoms with E-state index < -0.39 is 5.56 Å². The fourth-order valence-electron chi connectivity index (χ4n) is 1.45. The Morgan fingerprint density at radius 2 is 2.11 bits per heavy atom. The molecular formula is C12H12ClN3O2. The van der Waals surface area contributed by atoms with E-state index in [9.17, 15) is 4.79 Å². The zero-order valence-corrected chi connectivity index (χ0v) is 10.5. The van der Waals surface area contributed by atoms with Crippen molar-refractivity contribution in [3.63, 3.8) is 0 Å². The Morgan fingerprint density at radius 3 is 2.78 bits per heavy atom. The number of hydrogen-bond donors (Lipinski definition) is 2. The molecule has 0 fully saturated rings. The summed E-state index contributed by atoms with van der Waals surface area (Å²) in [6.07, 6.45) is 1.48. The third-order valence-corrected chi connectivity index (χ3v) is 2.81. The Kier molecular flexibility index (Phi) is 3.84. The fourth-order valence-corrected chi connectivity index (χ4v) is 1.61. The Bertz CT molecular complexity index is 581. The van der Waals surface area contributed by atoms with E-state index in [4.69, 9.17) is 16.3 Å². The molecule has 0 aliphatic rings. The highest BCUT2D eigenvalue weighted by atomic mass is 35.5. The average molecular weight is 266 g/mol. The van der Waals surface area contributed by atoms with Crippen molar-refractivity contribution in [2.45, 2.75) is 6.54 Å². The normalized spacial score (nSPS) is 10.1. The summed E-state index contributed by atoms with van der Waals surface area (Å²) >= 11 is 5.84. The van der Waals surface area contributed by atoms with Crippen molar-refractivity contribution in [2.75, 3.05) is 12.4 Å². The van der Waals surface area contributed by atoms with Crippen LogP contribution in [0.25, 0.3) is 0 Å². The van der Waals surface area contributed by atoms with Gasteiger partial charge in [-0.05, 0) is 17.7 Å². The van der Waals surface area contributed by atoms with E-state index in [1.807, 2.05) is 24.3 Å². The average Bonchev–Trinajstić information content (AvgIpc) is 2.41. The van der Waals surface area contributed by atoms with Crippen molar-refractivity contribution in [3.05, 3.63) is 51.4 Å². The maximum absolute atomic E-state index is 11.2. The van der Waals surface area contributed by atoms with Gasteiger partial charge in [-0.1, -0.05) is 23.7 Å². The van der Waals surface area contributed by atoms with Gasteiger partial charge in [-0.3, -0.25) is 4.79 Å². The van der Waals surface area contributed by atoms with Gasteiger partial charge in [-0.25, -0.2) is 5.10 Å². The van der Waals surface area contributed by atoms with E-state index in [1.165, 1.54) is 6.20 Å². The molecule has 0 atom stereocenters. The van der Waals surface area contributed by atoms with Crippen molar-refractivity contribution in [2.24, 2.45) is 0 Å². The largest absolute Gasteiger partial charge is 0.497 e. The van der Waals surface area contributed by atoms with Gasteiger partial charge in [0, 0.05) is 6.54 Å². The second kappa shape index (κ2) is 5.55. The number of benzene rings is 1. The molecular weight excluding hydrogens is 254 g/mol. The lowest BCUT2D eigenvalue weighted by Gasteiger charge is -2.07. The van der Waals surface area contributed by atoms with Crippen LogP contribution < -0.4 is 15.6 Å². The topological polar surface area (TPSA) is 67.0 Å². The number of aromatic nitrogens is 2. The number of aromatic amines is 1. The van der Waals surface area contributed by atoms with Crippen molar-refractivity contribution in [1.29, 1.82) is 0 Å². The van der Waals surface area contributed by atoms with E-state index in [0.717, 1.165) is 11.3 Å². The van der Waals surface area contributed by atoms with Crippen LogP contribution in [-0.2, 0) is 6.54 Å². The quantitative estimate of drug-likeness (QED) is 0.888. The van der Waals surface area contributed by atoms with Gasteiger partial charge in [-0.2, -0.15) is 5.10 Å². The SMILES string of the molecule is COc1ccc(CNc2cn[nH]c(=O)c2Cl)cc1. The molecule has 2 aromatic rings. The van der Waals surface area contributed by atoms with Crippen LogP contribution in [-0.4, -0.2) is 17.3 Å². The van der Waals surface area contributed by atoms with E-state index in [0.29, 0.717) is 12.2 Å².